The second-order valence-electron chi connectivity index (χ2n) is 2.73. The van der Waals surface area contributed by atoms with Crippen LogP contribution in [0.2, 0.25) is 0 Å². The summed E-state index contributed by atoms with van der Waals surface area (Å²) in [5.74, 6) is -4.40. The van der Waals surface area contributed by atoms with E-state index in [4.69, 9.17) is 0 Å². The van der Waals surface area contributed by atoms with Crippen molar-refractivity contribution in [2.24, 2.45) is 0 Å². The predicted octanol–water partition coefficient (Wildman–Crippen LogP) is 3.66. The molecule has 13 heavy (non-hydrogen) atoms. The van der Waals surface area contributed by atoms with Crippen LogP contribution in [0.5, 0.6) is 0 Å². The second-order valence-corrected chi connectivity index (χ2v) is 4.84. The number of carbonyl (C=O) groups excluding carboxylic acids is 1. The van der Waals surface area contributed by atoms with Crippen LogP contribution in [0.1, 0.15) is 21.5 Å². The molecule has 0 aromatic carbocycles. The number of ketones is 1. The van der Waals surface area contributed by atoms with Crippen molar-refractivity contribution in [1.82, 2.24) is 0 Å². The number of aryl methyl sites for hydroxylation is 1. The van der Waals surface area contributed by atoms with Gasteiger partial charge in [-0.25, -0.2) is 0 Å². The maximum atomic E-state index is 12.6. The van der Waals surface area contributed by atoms with Crippen molar-refractivity contribution >= 4 is 33.0 Å². The fraction of sp³-hybridized carbons (Fsp3) is 0.375. The van der Waals surface area contributed by atoms with E-state index in [-0.39, 0.29) is 4.88 Å². The highest BCUT2D eigenvalue weighted by molar-refractivity contribution is 9.10. The normalized spacial score (nSPS) is 11.8. The van der Waals surface area contributed by atoms with Gasteiger partial charge in [-0.15, -0.1) is 11.3 Å². The van der Waals surface area contributed by atoms with E-state index in [9.17, 15) is 13.6 Å². The summed E-state index contributed by atoms with van der Waals surface area (Å²) in [6.07, 6.45) is 0. The molecule has 0 aliphatic heterocycles. The zero-order valence-electron chi connectivity index (χ0n) is 7.03. The van der Waals surface area contributed by atoms with Crippen molar-refractivity contribution in [3.05, 3.63) is 20.3 Å². The molecule has 0 unspecified atom stereocenters. The monoisotopic (exact) mass is 268 g/mol. The van der Waals surface area contributed by atoms with Crippen molar-refractivity contribution in [1.29, 1.82) is 0 Å². The van der Waals surface area contributed by atoms with Crippen LogP contribution in [0, 0.1) is 6.92 Å². The van der Waals surface area contributed by atoms with Crippen molar-refractivity contribution in [2.75, 3.05) is 0 Å². The van der Waals surface area contributed by atoms with Crippen molar-refractivity contribution in [3.63, 3.8) is 0 Å². The smallest absolute Gasteiger partial charge is 0.286 e. The summed E-state index contributed by atoms with van der Waals surface area (Å²) in [7, 11) is 0. The molecule has 0 bridgehead atoms. The summed E-state index contributed by atoms with van der Waals surface area (Å²) >= 11 is 4.24. The Hall–Kier alpha value is -0.290. The van der Waals surface area contributed by atoms with Gasteiger partial charge in [-0.05, 0) is 28.9 Å². The third kappa shape index (κ3) is 2.34. The average Bonchev–Trinajstić information content (AvgIpc) is 2.29. The summed E-state index contributed by atoms with van der Waals surface area (Å²) < 4.78 is 25.9. The van der Waals surface area contributed by atoms with Gasteiger partial charge in [-0.2, -0.15) is 8.78 Å². The average molecular weight is 269 g/mol. The quantitative estimate of drug-likeness (QED) is 0.749. The van der Waals surface area contributed by atoms with Gasteiger partial charge in [-0.1, -0.05) is 0 Å². The molecule has 5 heteroatoms. The van der Waals surface area contributed by atoms with Gasteiger partial charge in [0.25, 0.3) is 0 Å². The first-order valence-electron chi connectivity index (χ1n) is 3.51. The van der Waals surface area contributed by atoms with Gasteiger partial charge in [0, 0.05) is 16.3 Å². The Morgan fingerprint density at radius 3 is 2.46 bits per heavy atom. The number of thiophene rings is 1. The fourth-order valence-electron chi connectivity index (χ4n) is 0.788. The van der Waals surface area contributed by atoms with Crippen LogP contribution in [0.25, 0.3) is 0 Å². The highest BCUT2D eigenvalue weighted by Crippen LogP contribution is 2.30. The molecule has 0 aliphatic rings. The first-order chi connectivity index (χ1) is 5.82. The zero-order valence-corrected chi connectivity index (χ0v) is 9.43. The van der Waals surface area contributed by atoms with Crippen LogP contribution in [-0.4, -0.2) is 11.7 Å². The molecule has 0 fully saturated rings. The van der Waals surface area contributed by atoms with E-state index in [1.165, 1.54) is 6.07 Å². The number of halogens is 3. The number of carbonyl (C=O) groups is 1. The summed E-state index contributed by atoms with van der Waals surface area (Å²) in [6.45, 7) is 2.37. The molecule has 72 valence electrons. The number of Topliss-reactive ketones (excluding diaryl/α,β-unsaturated/α-hetero) is 1. The Bertz CT molecular complexity index is 321. The lowest BCUT2D eigenvalue weighted by atomic mass is 10.2. The Labute approximate surface area is 86.9 Å². The minimum atomic E-state index is -3.28. The van der Waals surface area contributed by atoms with Crippen LogP contribution in [-0.2, 0) is 0 Å². The molecule has 0 saturated heterocycles. The lowest BCUT2D eigenvalue weighted by Gasteiger charge is -2.05. The maximum absolute atomic E-state index is 12.6. The molecule has 1 nitrogen and oxygen atoms in total. The van der Waals surface area contributed by atoms with Gasteiger partial charge in [0.2, 0.25) is 5.78 Å². The topological polar surface area (TPSA) is 17.1 Å². The van der Waals surface area contributed by atoms with E-state index in [0.29, 0.717) is 11.4 Å². The Kier molecular flexibility index (Phi) is 2.87. The highest BCUT2D eigenvalue weighted by Gasteiger charge is 2.34. The molecule has 0 N–H and O–H groups in total. The predicted molar refractivity (Wildman–Crippen MR) is 51.7 cm³/mol. The molecule has 0 spiro atoms. The number of rotatable bonds is 2. The number of hydrogen-bond donors (Lipinski definition) is 0. The van der Waals surface area contributed by atoms with Gasteiger partial charge in [-0.3, -0.25) is 4.79 Å². The second kappa shape index (κ2) is 3.46. The van der Waals surface area contributed by atoms with Gasteiger partial charge < -0.3 is 0 Å². The molecule has 0 amide bonds. The Balaban J connectivity index is 3.03. The van der Waals surface area contributed by atoms with E-state index in [1.54, 1.807) is 6.92 Å². The molecule has 1 aromatic rings. The van der Waals surface area contributed by atoms with Gasteiger partial charge in [0.15, 0.2) is 0 Å². The third-order valence-corrected chi connectivity index (χ3v) is 3.62. The summed E-state index contributed by atoms with van der Waals surface area (Å²) in [5.41, 5.74) is 0. The third-order valence-electron chi connectivity index (χ3n) is 1.48. The van der Waals surface area contributed by atoms with E-state index in [0.717, 1.165) is 16.2 Å². The lowest BCUT2D eigenvalue weighted by Crippen LogP contribution is -2.23. The summed E-state index contributed by atoms with van der Waals surface area (Å²) in [5, 5.41) is 0. The van der Waals surface area contributed by atoms with Crippen molar-refractivity contribution in [2.45, 2.75) is 19.8 Å². The molecular weight excluding hydrogens is 262 g/mol. The molecule has 0 saturated carbocycles. The molecule has 0 radical (unpaired) electrons. The van der Waals surface area contributed by atoms with E-state index < -0.39 is 11.7 Å². The number of hydrogen-bond acceptors (Lipinski definition) is 2. The van der Waals surface area contributed by atoms with Crippen LogP contribution < -0.4 is 0 Å². The molecule has 1 heterocycles. The minimum absolute atomic E-state index is 0.0943. The SMILES string of the molecule is Cc1sc(C(=O)C(C)(F)F)cc1Br. The minimum Gasteiger partial charge on any atom is -0.286 e. The van der Waals surface area contributed by atoms with E-state index >= 15 is 0 Å². The Morgan fingerprint density at radius 1 is 1.62 bits per heavy atom. The van der Waals surface area contributed by atoms with Gasteiger partial charge in [0.05, 0.1) is 4.88 Å². The van der Waals surface area contributed by atoms with Crippen LogP contribution >= 0.6 is 27.3 Å². The summed E-state index contributed by atoms with van der Waals surface area (Å²) in [6, 6.07) is 1.43. The van der Waals surface area contributed by atoms with Crippen molar-refractivity contribution < 1.29 is 13.6 Å². The van der Waals surface area contributed by atoms with E-state index in [1.807, 2.05) is 0 Å². The van der Waals surface area contributed by atoms with Crippen LogP contribution in [0.3, 0.4) is 0 Å². The lowest BCUT2D eigenvalue weighted by molar-refractivity contribution is 0.0226. The number of alkyl halides is 2. The molecular formula is C8H7BrF2OS. The maximum Gasteiger partial charge on any atom is 0.307 e. The van der Waals surface area contributed by atoms with Gasteiger partial charge in [0.1, 0.15) is 0 Å². The van der Waals surface area contributed by atoms with Crippen LogP contribution in [0.15, 0.2) is 10.5 Å². The van der Waals surface area contributed by atoms with Crippen molar-refractivity contribution in [3.8, 4) is 0 Å². The molecule has 1 aromatic heterocycles. The van der Waals surface area contributed by atoms with E-state index in [2.05, 4.69) is 15.9 Å². The first-order valence-corrected chi connectivity index (χ1v) is 5.12. The summed E-state index contributed by atoms with van der Waals surface area (Å²) in [4.78, 5) is 12.0. The Morgan fingerprint density at radius 2 is 2.15 bits per heavy atom. The first kappa shape index (κ1) is 10.8. The zero-order chi connectivity index (χ0) is 10.2. The van der Waals surface area contributed by atoms with Gasteiger partial charge >= 0.3 is 5.92 Å². The molecule has 1 rings (SSSR count). The highest BCUT2D eigenvalue weighted by atomic mass is 79.9. The van der Waals surface area contributed by atoms with Crippen LogP contribution in [0.4, 0.5) is 8.78 Å². The standard InChI is InChI=1S/C8H7BrF2OS/c1-4-5(9)3-6(13-4)7(12)8(2,10)11/h3H,1-2H3. The molecule has 0 aliphatic carbocycles. The molecule has 0 atom stereocenters. The largest absolute Gasteiger partial charge is 0.307 e. The fourth-order valence-corrected chi connectivity index (χ4v) is 2.35.